The van der Waals surface area contributed by atoms with Crippen molar-refractivity contribution in [2.75, 3.05) is 0 Å². The maximum atomic E-state index is 10.8. The van der Waals surface area contributed by atoms with Crippen LogP contribution in [-0.2, 0) is 0 Å². The quantitative estimate of drug-likeness (QED) is 0.405. The highest BCUT2D eigenvalue weighted by Gasteiger charge is 2.08. The lowest BCUT2D eigenvalue weighted by molar-refractivity contribution is -0.384. The van der Waals surface area contributed by atoms with Crippen LogP contribution in [0.1, 0.15) is 25.0 Å². The maximum absolute atomic E-state index is 10.8. The molecule has 0 N–H and O–H groups in total. The molecular formula is C18H19N3O2. The molecule has 0 spiro atoms. The van der Waals surface area contributed by atoms with E-state index in [4.69, 9.17) is 0 Å². The zero-order chi connectivity index (χ0) is 16.8. The molecule has 5 heteroatoms. The van der Waals surface area contributed by atoms with E-state index in [0.717, 1.165) is 16.8 Å². The topological polar surface area (TPSA) is 67.9 Å². The standard InChI is InChI=1S/C18H19N3O2/c1-13(2)18(12-15-7-5-4-6-8-15)20-19-17-10-9-16(21(22)23)11-14(17)3/h4-13H,1-3H3/b18-12-,20-19?. The summed E-state index contributed by atoms with van der Waals surface area (Å²) >= 11 is 0. The van der Waals surface area contributed by atoms with Gasteiger partial charge in [-0.2, -0.15) is 10.2 Å². The molecule has 118 valence electrons. The Kier molecular flexibility index (Phi) is 5.36. The summed E-state index contributed by atoms with van der Waals surface area (Å²) in [5.74, 6) is 0.220. The van der Waals surface area contributed by atoms with Gasteiger partial charge in [0.1, 0.15) is 0 Å². The van der Waals surface area contributed by atoms with Crippen molar-refractivity contribution < 1.29 is 4.92 Å². The minimum Gasteiger partial charge on any atom is -0.258 e. The van der Waals surface area contributed by atoms with Crippen LogP contribution in [0.2, 0.25) is 0 Å². The molecule has 0 saturated heterocycles. The second kappa shape index (κ2) is 7.45. The number of azo groups is 1. The van der Waals surface area contributed by atoms with E-state index in [1.54, 1.807) is 13.0 Å². The number of rotatable bonds is 5. The van der Waals surface area contributed by atoms with Crippen LogP contribution in [0.15, 0.2) is 64.5 Å². The molecule has 0 aromatic heterocycles. The summed E-state index contributed by atoms with van der Waals surface area (Å²) in [7, 11) is 0. The van der Waals surface area contributed by atoms with Crippen molar-refractivity contribution in [3.05, 3.63) is 75.5 Å². The van der Waals surface area contributed by atoms with Gasteiger partial charge in [-0.05, 0) is 36.1 Å². The van der Waals surface area contributed by atoms with Gasteiger partial charge in [-0.15, -0.1) is 0 Å². The summed E-state index contributed by atoms with van der Waals surface area (Å²) in [6.07, 6.45) is 1.99. The number of allylic oxidation sites excluding steroid dienone is 1. The molecule has 23 heavy (non-hydrogen) atoms. The predicted octanol–water partition coefficient (Wildman–Crippen LogP) is 5.68. The summed E-state index contributed by atoms with van der Waals surface area (Å²) in [6, 6.07) is 14.5. The van der Waals surface area contributed by atoms with Gasteiger partial charge in [-0.25, -0.2) is 0 Å². The summed E-state index contributed by atoms with van der Waals surface area (Å²) in [5.41, 5.74) is 3.34. The number of hydrogen-bond donors (Lipinski definition) is 0. The van der Waals surface area contributed by atoms with E-state index >= 15 is 0 Å². The normalized spacial score (nSPS) is 12.1. The smallest absolute Gasteiger partial charge is 0.258 e. The van der Waals surface area contributed by atoms with Gasteiger partial charge in [0, 0.05) is 12.1 Å². The fraction of sp³-hybridized carbons (Fsp3) is 0.222. The molecule has 0 amide bonds. The zero-order valence-electron chi connectivity index (χ0n) is 13.4. The van der Waals surface area contributed by atoms with Crippen molar-refractivity contribution in [3.8, 4) is 0 Å². The number of hydrogen-bond acceptors (Lipinski definition) is 4. The average Bonchev–Trinajstić information content (AvgIpc) is 2.53. The summed E-state index contributed by atoms with van der Waals surface area (Å²) in [5, 5.41) is 19.4. The molecule has 2 rings (SSSR count). The van der Waals surface area contributed by atoms with Gasteiger partial charge in [0.2, 0.25) is 0 Å². The van der Waals surface area contributed by atoms with E-state index < -0.39 is 4.92 Å². The first kappa shape index (κ1) is 16.5. The molecule has 0 atom stereocenters. The van der Waals surface area contributed by atoms with Gasteiger partial charge in [0.25, 0.3) is 5.69 Å². The molecule has 0 fully saturated rings. The fourth-order valence-electron chi connectivity index (χ4n) is 2.01. The molecule has 0 bridgehead atoms. The lowest BCUT2D eigenvalue weighted by atomic mass is 10.1. The Hall–Kier alpha value is -2.82. The number of aryl methyl sites for hydroxylation is 1. The Labute approximate surface area is 135 Å². The third-order valence-corrected chi connectivity index (χ3v) is 3.37. The predicted molar refractivity (Wildman–Crippen MR) is 91.6 cm³/mol. The molecule has 0 saturated carbocycles. The first-order valence-electron chi connectivity index (χ1n) is 7.41. The zero-order valence-corrected chi connectivity index (χ0v) is 13.4. The van der Waals surface area contributed by atoms with Crippen LogP contribution >= 0.6 is 0 Å². The summed E-state index contributed by atoms with van der Waals surface area (Å²) in [4.78, 5) is 10.4. The molecule has 0 aliphatic rings. The van der Waals surface area contributed by atoms with Crippen LogP contribution in [0.25, 0.3) is 6.08 Å². The van der Waals surface area contributed by atoms with Crippen LogP contribution in [0, 0.1) is 23.0 Å². The van der Waals surface area contributed by atoms with E-state index in [1.165, 1.54) is 12.1 Å². The minimum absolute atomic E-state index is 0.0605. The lowest BCUT2D eigenvalue weighted by Gasteiger charge is -2.05. The van der Waals surface area contributed by atoms with Gasteiger partial charge in [0.15, 0.2) is 0 Å². The highest BCUT2D eigenvalue weighted by Crippen LogP contribution is 2.26. The molecule has 5 nitrogen and oxygen atoms in total. The highest BCUT2D eigenvalue weighted by atomic mass is 16.6. The number of non-ortho nitro benzene ring substituents is 1. The minimum atomic E-state index is -0.414. The van der Waals surface area contributed by atoms with Crippen LogP contribution in [0.5, 0.6) is 0 Å². The molecule has 0 aliphatic heterocycles. The third kappa shape index (κ3) is 4.57. The number of nitro groups is 1. The fourth-order valence-corrected chi connectivity index (χ4v) is 2.01. The third-order valence-electron chi connectivity index (χ3n) is 3.37. The van der Waals surface area contributed by atoms with Crippen molar-refractivity contribution >= 4 is 17.5 Å². The monoisotopic (exact) mass is 309 g/mol. The van der Waals surface area contributed by atoms with Gasteiger partial charge in [-0.1, -0.05) is 44.2 Å². The maximum Gasteiger partial charge on any atom is 0.269 e. The van der Waals surface area contributed by atoms with E-state index in [-0.39, 0.29) is 11.6 Å². The van der Waals surface area contributed by atoms with Crippen LogP contribution < -0.4 is 0 Å². The molecule has 0 unspecified atom stereocenters. The first-order chi connectivity index (χ1) is 11.0. The first-order valence-corrected chi connectivity index (χ1v) is 7.41. The molecule has 0 heterocycles. The Morgan fingerprint density at radius 2 is 1.87 bits per heavy atom. The Morgan fingerprint density at radius 1 is 1.17 bits per heavy atom. The second-order valence-electron chi connectivity index (χ2n) is 5.56. The van der Waals surface area contributed by atoms with Crippen LogP contribution in [0.4, 0.5) is 11.4 Å². The van der Waals surface area contributed by atoms with E-state index in [1.807, 2.05) is 36.4 Å². The average molecular weight is 309 g/mol. The van der Waals surface area contributed by atoms with Crippen molar-refractivity contribution in [1.82, 2.24) is 0 Å². The number of nitro benzene ring substituents is 1. The molecular weight excluding hydrogens is 290 g/mol. The largest absolute Gasteiger partial charge is 0.269 e. The van der Waals surface area contributed by atoms with Gasteiger partial charge in [-0.3, -0.25) is 10.1 Å². The molecule has 0 aliphatic carbocycles. The van der Waals surface area contributed by atoms with E-state index in [0.29, 0.717) is 5.69 Å². The van der Waals surface area contributed by atoms with Crippen molar-refractivity contribution in [2.45, 2.75) is 20.8 Å². The van der Waals surface area contributed by atoms with Crippen LogP contribution in [-0.4, -0.2) is 4.92 Å². The molecule has 2 aromatic carbocycles. The number of nitrogens with zero attached hydrogens (tertiary/aromatic N) is 3. The number of benzene rings is 2. The van der Waals surface area contributed by atoms with Gasteiger partial charge in [0.05, 0.1) is 16.3 Å². The lowest BCUT2D eigenvalue weighted by Crippen LogP contribution is -1.90. The van der Waals surface area contributed by atoms with E-state index in [2.05, 4.69) is 24.1 Å². The Bertz CT molecular complexity index is 750. The van der Waals surface area contributed by atoms with Crippen molar-refractivity contribution in [2.24, 2.45) is 16.1 Å². The van der Waals surface area contributed by atoms with Crippen molar-refractivity contribution in [3.63, 3.8) is 0 Å². The summed E-state index contributed by atoms with van der Waals surface area (Å²) in [6.45, 7) is 5.89. The highest BCUT2D eigenvalue weighted by molar-refractivity contribution is 5.54. The Morgan fingerprint density at radius 3 is 2.43 bits per heavy atom. The SMILES string of the molecule is Cc1cc([N+](=O)[O-])ccc1N=N/C(=C\c1ccccc1)C(C)C. The molecule has 0 radical (unpaired) electrons. The van der Waals surface area contributed by atoms with Gasteiger partial charge >= 0.3 is 0 Å². The Balaban J connectivity index is 2.29. The van der Waals surface area contributed by atoms with Gasteiger partial charge < -0.3 is 0 Å². The van der Waals surface area contributed by atoms with Crippen molar-refractivity contribution in [1.29, 1.82) is 0 Å². The second-order valence-corrected chi connectivity index (χ2v) is 5.56. The van der Waals surface area contributed by atoms with Crippen LogP contribution in [0.3, 0.4) is 0 Å². The van der Waals surface area contributed by atoms with E-state index in [9.17, 15) is 10.1 Å². The summed E-state index contributed by atoms with van der Waals surface area (Å²) < 4.78 is 0. The molecule has 2 aromatic rings.